The molecule has 1 aliphatic rings. The minimum Gasteiger partial charge on any atom is -0.307 e. The zero-order valence-corrected chi connectivity index (χ0v) is 8.70. The van der Waals surface area contributed by atoms with Crippen molar-refractivity contribution in [3.63, 3.8) is 0 Å². The van der Waals surface area contributed by atoms with Crippen molar-refractivity contribution in [2.45, 2.75) is 20.0 Å². The molecule has 0 bridgehead atoms. The van der Waals surface area contributed by atoms with Crippen molar-refractivity contribution in [3.8, 4) is 5.69 Å². The van der Waals surface area contributed by atoms with Crippen molar-refractivity contribution in [2.24, 2.45) is 0 Å². The molecule has 0 saturated heterocycles. The molecule has 3 nitrogen and oxygen atoms in total. The molecule has 0 radical (unpaired) electrons. The molecule has 1 aromatic heterocycles. The first-order chi connectivity index (χ1) is 7.36. The second-order valence-corrected chi connectivity index (χ2v) is 3.92. The predicted molar refractivity (Wildman–Crippen MR) is 58.8 cm³/mol. The molecule has 3 heteroatoms. The summed E-state index contributed by atoms with van der Waals surface area (Å²) in [4.78, 5) is 0. The molecule has 0 fully saturated rings. The van der Waals surface area contributed by atoms with E-state index in [1.165, 1.54) is 22.5 Å². The van der Waals surface area contributed by atoms with Gasteiger partial charge in [0, 0.05) is 18.7 Å². The number of hydrogen-bond donors (Lipinski definition) is 1. The third kappa shape index (κ3) is 1.27. The summed E-state index contributed by atoms with van der Waals surface area (Å²) in [5, 5.41) is 7.78. The van der Waals surface area contributed by atoms with Gasteiger partial charge < -0.3 is 5.32 Å². The van der Waals surface area contributed by atoms with Gasteiger partial charge in [0.2, 0.25) is 0 Å². The van der Waals surface area contributed by atoms with Crippen molar-refractivity contribution in [2.75, 3.05) is 0 Å². The van der Waals surface area contributed by atoms with Crippen LogP contribution in [0, 0.1) is 6.92 Å². The Labute approximate surface area is 88.7 Å². The predicted octanol–water partition coefficient (Wildman–Crippen LogP) is 1.78. The molecule has 0 amide bonds. The fourth-order valence-electron chi connectivity index (χ4n) is 2.07. The largest absolute Gasteiger partial charge is 0.307 e. The van der Waals surface area contributed by atoms with Crippen LogP contribution in [0.15, 0.2) is 30.5 Å². The molecule has 2 heterocycles. The minimum atomic E-state index is 0.920. The molecule has 0 spiro atoms. The second kappa shape index (κ2) is 3.21. The highest BCUT2D eigenvalue weighted by Gasteiger charge is 2.17. The summed E-state index contributed by atoms with van der Waals surface area (Å²) in [6, 6.07) is 8.34. The first-order valence-electron chi connectivity index (χ1n) is 5.19. The standard InChI is InChI=1S/C12H13N3/c1-9-4-2-3-5-11(9)15-12-8-13-6-10(12)7-14-15/h2-5,7,13H,6,8H2,1H3. The van der Waals surface area contributed by atoms with E-state index in [-0.39, 0.29) is 0 Å². The van der Waals surface area contributed by atoms with E-state index in [1.54, 1.807) is 0 Å². The Balaban J connectivity index is 2.17. The van der Waals surface area contributed by atoms with Crippen molar-refractivity contribution in [3.05, 3.63) is 47.3 Å². The van der Waals surface area contributed by atoms with Crippen LogP contribution in [0.2, 0.25) is 0 Å². The van der Waals surface area contributed by atoms with E-state index in [9.17, 15) is 0 Å². The van der Waals surface area contributed by atoms with E-state index in [2.05, 4.69) is 41.6 Å². The molecule has 76 valence electrons. The summed E-state index contributed by atoms with van der Waals surface area (Å²) >= 11 is 0. The molecular weight excluding hydrogens is 186 g/mol. The second-order valence-electron chi connectivity index (χ2n) is 3.92. The number of benzene rings is 1. The van der Waals surface area contributed by atoms with E-state index in [0.717, 1.165) is 13.1 Å². The van der Waals surface area contributed by atoms with Crippen molar-refractivity contribution < 1.29 is 0 Å². The minimum absolute atomic E-state index is 0.920. The first kappa shape index (κ1) is 8.68. The number of rotatable bonds is 1. The maximum Gasteiger partial charge on any atom is 0.0678 e. The number of nitrogens with one attached hydrogen (secondary N) is 1. The first-order valence-corrected chi connectivity index (χ1v) is 5.19. The molecule has 0 saturated carbocycles. The number of nitrogens with zero attached hydrogens (tertiary/aromatic N) is 2. The third-order valence-electron chi connectivity index (χ3n) is 2.91. The molecule has 0 unspecified atom stereocenters. The van der Waals surface area contributed by atoms with Crippen LogP contribution in [0.25, 0.3) is 5.69 Å². The van der Waals surface area contributed by atoms with Crippen LogP contribution in [0.5, 0.6) is 0 Å². The lowest BCUT2D eigenvalue weighted by Crippen LogP contribution is -2.08. The highest BCUT2D eigenvalue weighted by Crippen LogP contribution is 2.20. The number of fused-ring (bicyclic) bond motifs is 1. The molecule has 1 aromatic carbocycles. The van der Waals surface area contributed by atoms with Gasteiger partial charge in [0.15, 0.2) is 0 Å². The molecule has 1 aliphatic heterocycles. The summed E-state index contributed by atoms with van der Waals surface area (Å²) in [5.74, 6) is 0. The van der Waals surface area contributed by atoms with E-state index in [1.807, 2.05) is 10.9 Å². The lowest BCUT2D eigenvalue weighted by atomic mass is 10.2. The monoisotopic (exact) mass is 199 g/mol. The van der Waals surface area contributed by atoms with E-state index in [4.69, 9.17) is 0 Å². The lowest BCUT2D eigenvalue weighted by Gasteiger charge is -2.08. The molecule has 2 aromatic rings. The van der Waals surface area contributed by atoms with Crippen LogP contribution < -0.4 is 5.32 Å². The average Bonchev–Trinajstić information content (AvgIpc) is 2.80. The van der Waals surface area contributed by atoms with Gasteiger partial charge in [-0.25, -0.2) is 4.68 Å². The van der Waals surface area contributed by atoms with Crippen LogP contribution >= 0.6 is 0 Å². The van der Waals surface area contributed by atoms with E-state index >= 15 is 0 Å². The number of para-hydroxylation sites is 1. The fraction of sp³-hybridized carbons (Fsp3) is 0.250. The highest BCUT2D eigenvalue weighted by molar-refractivity contribution is 5.42. The van der Waals surface area contributed by atoms with Crippen LogP contribution in [0.3, 0.4) is 0 Å². The molecular formula is C12H13N3. The van der Waals surface area contributed by atoms with Gasteiger partial charge in [-0.05, 0) is 18.6 Å². The van der Waals surface area contributed by atoms with Gasteiger partial charge in [-0.15, -0.1) is 0 Å². The van der Waals surface area contributed by atoms with Gasteiger partial charge in [0.25, 0.3) is 0 Å². The van der Waals surface area contributed by atoms with Gasteiger partial charge in [-0.1, -0.05) is 18.2 Å². The van der Waals surface area contributed by atoms with Crippen LogP contribution in [0.4, 0.5) is 0 Å². The zero-order chi connectivity index (χ0) is 10.3. The maximum absolute atomic E-state index is 4.45. The van der Waals surface area contributed by atoms with Gasteiger partial charge in [-0.2, -0.15) is 5.10 Å². The zero-order valence-electron chi connectivity index (χ0n) is 8.70. The Kier molecular flexibility index (Phi) is 1.86. The summed E-state index contributed by atoms with van der Waals surface area (Å²) in [6.07, 6.45) is 1.96. The van der Waals surface area contributed by atoms with E-state index in [0.29, 0.717) is 0 Å². The number of aromatic nitrogens is 2. The molecule has 15 heavy (non-hydrogen) atoms. The van der Waals surface area contributed by atoms with Crippen molar-refractivity contribution >= 4 is 0 Å². The summed E-state index contributed by atoms with van der Waals surface area (Å²) in [6.45, 7) is 3.98. The number of aryl methyl sites for hydroxylation is 1. The summed E-state index contributed by atoms with van der Waals surface area (Å²) < 4.78 is 2.05. The maximum atomic E-state index is 4.45. The Morgan fingerprint density at radius 3 is 3.00 bits per heavy atom. The smallest absolute Gasteiger partial charge is 0.0678 e. The lowest BCUT2D eigenvalue weighted by molar-refractivity contribution is 0.710. The van der Waals surface area contributed by atoms with Crippen LogP contribution in [-0.2, 0) is 13.1 Å². The third-order valence-corrected chi connectivity index (χ3v) is 2.91. The van der Waals surface area contributed by atoms with Gasteiger partial charge in [0.1, 0.15) is 0 Å². The Morgan fingerprint density at radius 1 is 1.27 bits per heavy atom. The normalized spacial score (nSPS) is 14.2. The van der Waals surface area contributed by atoms with E-state index < -0.39 is 0 Å². The van der Waals surface area contributed by atoms with Crippen LogP contribution in [-0.4, -0.2) is 9.78 Å². The molecule has 1 N–H and O–H groups in total. The van der Waals surface area contributed by atoms with Crippen LogP contribution in [0.1, 0.15) is 16.8 Å². The molecule has 0 atom stereocenters. The SMILES string of the molecule is Cc1ccccc1-n1ncc2c1CNC2. The fourth-order valence-corrected chi connectivity index (χ4v) is 2.07. The van der Waals surface area contributed by atoms with Crippen molar-refractivity contribution in [1.29, 1.82) is 0 Å². The number of hydrogen-bond acceptors (Lipinski definition) is 2. The Bertz CT molecular complexity index is 499. The van der Waals surface area contributed by atoms with Gasteiger partial charge >= 0.3 is 0 Å². The molecule has 3 rings (SSSR count). The molecule has 0 aliphatic carbocycles. The summed E-state index contributed by atoms with van der Waals surface area (Å²) in [7, 11) is 0. The Hall–Kier alpha value is -1.61. The topological polar surface area (TPSA) is 29.9 Å². The van der Waals surface area contributed by atoms with Gasteiger partial charge in [-0.3, -0.25) is 0 Å². The Morgan fingerprint density at radius 2 is 2.13 bits per heavy atom. The summed E-state index contributed by atoms with van der Waals surface area (Å²) in [5.41, 5.74) is 5.06. The highest BCUT2D eigenvalue weighted by atomic mass is 15.3. The van der Waals surface area contributed by atoms with Crippen molar-refractivity contribution in [1.82, 2.24) is 15.1 Å². The van der Waals surface area contributed by atoms with Gasteiger partial charge in [0.05, 0.1) is 17.6 Å². The average molecular weight is 199 g/mol. The quantitative estimate of drug-likeness (QED) is 0.758.